The van der Waals surface area contributed by atoms with Crippen LogP contribution in [0.2, 0.25) is 5.02 Å². The van der Waals surface area contributed by atoms with Crippen molar-refractivity contribution < 1.29 is 28.8 Å². The van der Waals surface area contributed by atoms with Gasteiger partial charge >= 0.3 is 0 Å². The highest BCUT2D eigenvalue weighted by Gasteiger charge is 2.74. The van der Waals surface area contributed by atoms with E-state index in [9.17, 15) is 29.3 Å². The highest BCUT2D eigenvalue weighted by molar-refractivity contribution is 6.37. The van der Waals surface area contributed by atoms with Crippen molar-refractivity contribution in [3.8, 4) is 0 Å². The Balaban J connectivity index is 1.53. The van der Waals surface area contributed by atoms with E-state index in [0.717, 1.165) is 4.90 Å². The number of imide groups is 1. The molecule has 2 aliphatic heterocycles. The van der Waals surface area contributed by atoms with Crippen molar-refractivity contribution in [3.63, 3.8) is 0 Å². The molecule has 178 valence electrons. The summed E-state index contributed by atoms with van der Waals surface area (Å²) in [5.41, 5.74) is -1.74. The molecule has 6 rings (SSSR count). The zero-order valence-corrected chi connectivity index (χ0v) is 19.0. The quantitative estimate of drug-likeness (QED) is 0.230. The lowest BCUT2D eigenvalue weighted by Crippen LogP contribution is -2.51. The third-order valence-electron chi connectivity index (χ3n) is 7.05. The lowest BCUT2D eigenvalue weighted by Gasteiger charge is -2.27. The molecule has 0 saturated carbocycles. The number of carbonyl (C=O) groups excluding carboxylic acids is 4. The molecule has 3 aromatic rings. The van der Waals surface area contributed by atoms with Crippen LogP contribution in [0, 0.1) is 22.0 Å². The first kappa shape index (κ1) is 22.3. The second kappa shape index (κ2) is 7.64. The Kier molecular flexibility index (Phi) is 4.73. The van der Waals surface area contributed by atoms with Crippen molar-refractivity contribution in [3.05, 3.63) is 105 Å². The van der Waals surface area contributed by atoms with Gasteiger partial charge < -0.3 is 4.74 Å². The van der Waals surface area contributed by atoms with Crippen LogP contribution in [0.3, 0.4) is 0 Å². The van der Waals surface area contributed by atoms with Gasteiger partial charge in [0.15, 0.2) is 0 Å². The fraction of sp³-hybridized carbons (Fsp3) is 0.154. The number of non-ortho nitro benzene ring substituents is 1. The van der Waals surface area contributed by atoms with Crippen molar-refractivity contribution >= 4 is 46.4 Å². The molecule has 3 atom stereocenters. The van der Waals surface area contributed by atoms with Crippen LogP contribution in [0.1, 0.15) is 32.4 Å². The number of fused-ring (bicyclic) bond motifs is 3. The topological polar surface area (TPSA) is 124 Å². The summed E-state index contributed by atoms with van der Waals surface area (Å²) in [6.07, 6.45) is -1.15. The predicted molar refractivity (Wildman–Crippen MR) is 126 cm³/mol. The minimum Gasteiger partial charge on any atom is -0.349 e. The Morgan fingerprint density at radius 2 is 1.42 bits per heavy atom. The molecule has 0 bridgehead atoms. The Morgan fingerprint density at radius 3 is 2.00 bits per heavy atom. The van der Waals surface area contributed by atoms with E-state index in [1.807, 2.05) is 0 Å². The number of ether oxygens (including phenoxy) is 1. The van der Waals surface area contributed by atoms with E-state index in [1.54, 1.807) is 36.4 Å². The number of amides is 2. The van der Waals surface area contributed by atoms with E-state index in [2.05, 4.69) is 0 Å². The summed E-state index contributed by atoms with van der Waals surface area (Å²) < 4.78 is 6.19. The lowest BCUT2D eigenvalue weighted by atomic mass is 9.77. The number of anilines is 1. The van der Waals surface area contributed by atoms with E-state index in [-0.39, 0.29) is 27.5 Å². The van der Waals surface area contributed by atoms with Crippen LogP contribution in [0.4, 0.5) is 11.4 Å². The van der Waals surface area contributed by atoms with Crippen LogP contribution in [0.15, 0.2) is 72.8 Å². The molecule has 2 saturated heterocycles. The van der Waals surface area contributed by atoms with Crippen LogP contribution < -0.4 is 4.90 Å². The molecule has 3 aromatic carbocycles. The molecule has 2 heterocycles. The fourth-order valence-electron chi connectivity index (χ4n) is 5.48. The van der Waals surface area contributed by atoms with Crippen molar-refractivity contribution in [2.45, 2.75) is 11.7 Å². The Hall–Kier alpha value is -4.21. The average molecular weight is 503 g/mol. The second-order valence-electron chi connectivity index (χ2n) is 8.79. The normalized spacial score (nSPS) is 23.9. The monoisotopic (exact) mass is 502 g/mol. The van der Waals surface area contributed by atoms with E-state index in [1.165, 1.54) is 36.4 Å². The summed E-state index contributed by atoms with van der Waals surface area (Å²) >= 11 is 6.41. The molecule has 0 radical (unpaired) electrons. The first-order valence-corrected chi connectivity index (χ1v) is 11.4. The van der Waals surface area contributed by atoms with E-state index in [4.69, 9.17) is 16.3 Å². The zero-order valence-electron chi connectivity index (χ0n) is 18.3. The number of nitrogens with zero attached hydrogens (tertiary/aromatic N) is 2. The molecule has 2 amide bonds. The number of hydrogen-bond acceptors (Lipinski definition) is 7. The predicted octanol–water partition coefficient (Wildman–Crippen LogP) is 3.94. The molecule has 0 aromatic heterocycles. The molecule has 36 heavy (non-hydrogen) atoms. The third-order valence-corrected chi connectivity index (χ3v) is 7.39. The zero-order chi connectivity index (χ0) is 25.4. The van der Waals surface area contributed by atoms with Gasteiger partial charge in [0.05, 0.1) is 28.6 Å². The van der Waals surface area contributed by atoms with Gasteiger partial charge in [-0.05, 0) is 18.2 Å². The number of rotatable bonds is 3. The summed E-state index contributed by atoms with van der Waals surface area (Å²) in [5.74, 6) is -5.48. The smallest absolute Gasteiger partial charge is 0.269 e. The van der Waals surface area contributed by atoms with Gasteiger partial charge in [-0.15, -0.1) is 0 Å². The van der Waals surface area contributed by atoms with Gasteiger partial charge in [-0.2, -0.15) is 0 Å². The first-order chi connectivity index (χ1) is 17.3. The average Bonchev–Trinajstić information content (AvgIpc) is 3.44. The number of ketones is 2. The molecule has 9 nitrogen and oxygen atoms in total. The summed E-state index contributed by atoms with van der Waals surface area (Å²) in [7, 11) is 0. The van der Waals surface area contributed by atoms with Crippen molar-refractivity contribution in [2.24, 2.45) is 11.8 Å². The van der Waals surface area contributed by atoms with Crippen LogP contribution in [-0.2, 0) is 14.3 Å². The number of carbonyl (C=O) groups is 4. The minimum atomic E-state index is -2.22. The van der Waals surface area contributed by atoms with Crippen LogP contribution in [0.5, 0.6) is 0 Å². The van der Waals surface area contributed by atoms with Gasteiger partial charge in [0.2, 0.25) is 29.0 Å². The summed E-state index contributed by atoms with van der Waals surface area (Å²) in [5, 5.41) is 11.3. The van der Waals surface area contributed by atoms with Crippen LogP contribution in [0.25, 0.3) is 0 Å². The number of hydrogen-bond donors (Lipinski definition) is 0. The maximum Gasteiger partial charge on any atom is 0.269 e. The Bertz CT molecular complexity index is 1480. The molecule has 0 N–H and O–H groups in total. The highest BCUT2D eigenvalue weighted by atomic mass is 35.5. The van der Waals surface area contributed by atoms with Crippen molar-refractivity contribution in [1.29, 1.82) is 0 Å². The molecule has 2 fully saturated rings. The molecular formula is C26H15ClN2O7. The fourth-order valence-corrected chi connectivity index (χ4v) is 5.73. The molecule has 1 aliphatic carbocycles. The third kappa shape index (κ3) is 2.75. The van der Waals surface area contributed by atoms with Gasteiger partial charge in [0.25, 0.3) is 5.69 Å². The molecule has 3 unspecified atom stereocenters. The Labute approximate surface area is 208 Å². The minimum absolute atomic E-state index is 0.0912. The number of Topliss-reactive ketones (excluding diaryl/α,β-unsaturated/α-hetero) is 2. The van der Waals surface area contributed by atoms with Gasteiger partial charge in [-0.25, -0.2) is 4.90 Å². The van der Waals surface area contributed by atoms with Gasteiger partial charge in [-0.3, -0.25) is 29.3 Å². The SMILES string of the molecule is O=C1C2C(c3ccccc3Cl)OC3(C(=O)c4ccccc4C3=O)C2C(=O)N1c1ccc([N+](=O)[O-])cc1. The van der Waals surface area contributed by atoms with E-state index < -0.39 is 51.8 Å². The van der Waals surface area contributed by atoms with Gasteiger partial charge in [0, 0.05) is 33.8 Å². The van der Waals surface area contributed by atoms with Gasteiger partial charge in [0.1, 0.15) is 0 Å². The van der Waals surface area contributed by atoms with E-state index in [0.29, 0.717) is 5.56 Å². The van der Waals surface area contributed by atoms with Crippen LogP contribution in [-0.4, -0.2) is 33.9 Å². The highest BCUT2D eigenvalue weighted by Crippen LogP contribution is 2.58. The summed E-state index contributed by atoms with van der Waals surface area (Å²) in [6.45, 7) is 0. The van der Waals surface area contributed by atoms with Crippen LogP contribution >= 0.6 is 11.6 Å². The number of nitro groups is 1. The first-order valence-electron chi connectivity index (χ1n) is 11.0. The Morgan fingerprint density at radius 1 is 0.833 bits per heavy atom. The largest absolute Gasteiger partial charge is 0.349 e. The maximum absolute atomic E-state index is 13.8. The van der Waals surface area contributed by atoms with Crippen molar-refractivity contribution in [1.82, 2.24) is 0 Å². The standard InChI is InChI=1S/C26H15ClN2O7/c27-18-8-4-3-7-17(18)21-19-20(26(36-21)22(30)15-5-1-2-6-16(15)23(26)31)25(33)28(24(19)32)13-9-11-14(12-10-13)29(34)35/h1-12,19-21H. The van der Waals surface area contributed by atoms with Gasteiger partial charge in [-0.1, -0.05) is 54.1 Å². The maximum atomic E-state index is 13.8. The molecular weight excluding hydrogens is 488 g/mol. The lowest BCUT2D eigenvalue weighted by molar-refractivity contribution is -0.384. The van der Waals surface area contributed by atoms with Crippen molar-refractivity contribution in [2.75, 3.05) is 4.90 Å². The van der Waals surface area contributed by atoms with E-state index >= 15 is 0 Å². The summed E-state index contributed by atoms with van der Waals surface area (Å²) in [6, 6.07) is 17.6. The molecule has 3 aliphatic rings. The number of halogens is 1. The second-order valence-corrected chi connectivity index (χ2v) is 9.20. The molecule has 10 heteroatoms. The molecule has 1 spiro atoms. The number of benzene rings is 3. The number of nitro benzene ring substituents is 1. The summed E-state index contributed by atoms with van der Waals surface area (Å²) in [4.78, 5) is 66.4.